The number of aliphatic hydroxyl groups is 1. The van der Waals surface area contributed by atoms with Crippen LogP contribution in [0.25, 0.3) is 10.4 Å². The number of rotatable bonds is 16. The molecule has 3 aromatic rings. The smallest absolute Gasteiger partial charge is 0.306 e. The number of azide groups is 1. The van der Waals surface area contributed by atoms with Gasteiger partial charge in [-0.3, -0.25) is 15.0 Å². The first-order valence-electron chi connectivity index (χ1n) is 15.7. The van der Waals surface area contributed by atoms with Crippen LogP contribution in [-0.2, 0) is 25.6 Å². The normalized spacial score (nSPS) is 16.9. The van der Waals surface area contributed by atoms with Crippen LogP contribution in [0.4, 0.5) is 5.69 Å². The predicted molar refractivity (Wildman–Crippen MR) is 182 cm³/mol. The molecule has 3 N–H and O–H groups in total. The Morgan fingerprint density at radius 2 is 1.80 bits per heavy atom. The van der Waals surface area contributed by atoms with Gasteiger partial charge >= 0.3 is 5.97 Å². The predicted octanol–water partition coefficient (Wildman–Crippen LogP) is 5.61. The van der Waals surface area contributed by atoms with Gasteiger partial charge in [-0.05, 0) is 74.7 Å². The summed E-state index contributed by atoms with van der Waals surface area (Å²) in [6.07, 6.45) is -0.889. The van der Waals surface area contributed by atoms with Gasteiger partial charge in [-0.25, -0.2) is 10.4 Å². The Morgan fingerprint density at radius 1 is 1.06 bits per heavy atom. The summed E-state index contributed by atoms with van der Waals surface area (Å²) >= 11 is 0. The first-order chi connectivity index (χ1) is 23.5. The van der Waals surface area contributed by atoms with Crippen LogP contribution in [0.15, 0.2) is 76.8 Å². The number of carbonyl (C=O) groups excluding carboxylic acids is 2. The van der Waals surface area contributed by atoms with E-state index in [9.17, 15) is 15.1 Å². The van der Waals surface area contributed by atoms with Crippen molar-refractivity contribution < 1.29 is 38.4 Å². The maximum absolute atomic E-state index is 14.4. The second kappa shape index (κ2) is 16.7. The minimum Gasteiger partial charge on any atom is -0.494 e. The van der Waals surface area contributed by atoms with Crippen molar-refractivity contribution in [2.75, 3.05) is 27.4 Å². The Bertz CT molecular complexity index is 1680. The Balaban J connectivity index is 1.73. The van der Waals surface area contributed by atoms with Crippen molar-refractivity contribution in [1.29, 1.82) is 0 Å². The molecule has 4 rings (SSSR count). The van der Waals surface area contributed by atoms with Gasteiger partial charge in [0.2, 0.25) is 5.90 Å². The van der Waals surface area contributed by atoms with Gasteiger partial charge in [-0.1, -0.05) is 35.4 Å². The molecule has 14 nitrogen and oxygen atoms in total. The zero-order valence-electron chi connectivity index (χ0n) is 28.3. The number of hydrazine groups is 1. The second-order valence-corrected chi connectivity index (χ2v) is 12.1. The van der Waals surface area contributed by atoms with Crippen LogP contribution >= 0.6 is 0 Å². The van der Waals surface area contributed by atoms with Crippen molar-refractivity contribution in [3.63, 3.8) is 0 Å². The van der Waals surface area contributed by atoms with E-state index in [1.54, 1.807) is 88.5 Å². The lowest BCUT2D eigenvalue weighted by atomic mass is 9.83. The Hall–Kier alpha value is -5.30. The largest absolute Gasteiger partial charge is 0.494 e. The van der Waals surface area contributed by atoms with Gasteiger partial charge < -0.3 is 28.8 Å². The van der Waals surface area contributed by atoms with Gasteiger partial charge in [0.15, 0.2) is 23.1 Å². The third-order valence-corrected chi connectivity index (χ3v) is 7.47. The van der Waals surface area contributed by atoms with Gasteiger partial charge in [-0.15, -0.1) is 0 Å². The molecule has 1 aliphatic rings. The highest BCUT2D eigenvalue weighted by molar-refractivity contribution is 6.01. The fourth-order valence-corrected chi connectivity index (χ4v) is 5.21. The Kier molecular flexibility index (Phi) is 12.4. The van der Waals surface area contributed by atoms with Gasteiger partial charge in [0.25, 0.3) is 5.91 Å². The van der Waals surface area contributed by atoms with E-state index < -0.39 is 29.1 Å². The average Bonchev–Trinajstić information content (AvgIpc) is 3.48. The number of methoxy groups -OCH3 is 2. The molecule has 0 aromatic heterocycles. The second-order valence-electron chi connectivity index (χ2n) is 12.1. The molecule has 1 amide bonds. The molecule has 0 bridgehead atoms. The van der Waals surface area contributed by atoms with Crippen molar-refractivity contribution in [2.45, 2.75) is 63.8 Å². The molecule has 3 aromatic carbocycles. The van der Waals surface area contributed by atoms with Gasteiger partial charge in [0.1, 0.15) is 11.4 Å². The molecule has 0 unspecified atom stereocenters. The maximum Gasteiger partial charge on any atom is 0.306 e. The van der Waals surface area contributed by atoms with Crippen LogP contribution in [-0.4, -0.2) is 61.5 Å². The molecule has 0 radical (unpaired) electrons. The summed E-state index contributed by atoms with van der Waals surface area (Å²) in [7, 11) is 3.08. The SMILES string of the molecule is COc1ccc(CNNC(=O)[C@@]2(CCC(=O)OC(C)(C)C)N=C(c3ccc(OCCCO)cc3)O[C@H]2c2ccccc2N=[N+]=[N-])cc1OC. The van der Waals surface area contributed by atoms with Crippen LogP contribution in [0.3, 0.4) is 0 Å². The van der Waals surface area contributed by atoms with E-state index in [-0.39, 0.29) is 37.6 Å². The molecule has 14 heteroatoms. The third kappa shape index (κ3) is 9.41. The maximum atomic E-state index is 14.4. The number of aliphatic imine (C=N–C) groups is 1. The Labute approximate surface area is 285 Å². The summed E-state index contributed by atoms with van der Waals surface area (Å²) < 4.78 is 28.4. The molecular weight excluding hydrogens is 632 g/mol. The lowest BCUT2D eigenvalue weighted by Gasteiger charge is -2.31. The van der Waals surface area contributed by atoms with E-state index in [1.165, 1.54) is 7.11 Å². The van der Waals surface area contributed by atoms with Crippen LogP contribution in [0.5, 0.6) is 17.2 Å². The number of nitrogens with zero attached hydrogens (tertiary/aromatic N) is 4. The molecule has 1 aliphatic heterocycles. The Morgan fingerprint density at radius 3 is 2.47 bits per heavy atom. The van der Waals surface area contributed by atoms with Gasteiger partial charge in [-0.2, -0.15) is 0 Å². The zero-order valence-corrected chi connectivity index (χ0v) is 28.3. The van der Waals surface area contributed by atoms with Crippen LogP contribution in [0.2, 0.25) is 0 Å². The number of ether oxygens (including phenoxy) is 5. The average molecular weight is 675 g/mol. The molecule has 1 heterocycles. The highest BCUT2D eigenvalue weighted by Crippen LogP contribution is 2.46. The molecule has 0 aliphatic carbocycles. The van der Waals surface area contributed by atoms with Crippen molar-refractivity contribution in [3.8, 4) is 17.2 Å². The van der Waals surface area contributed by atoms with E-state index in [0.717, 1.165) is 5.56 Å². The van der Waals surface area contributed by atoms with E-state index >= 15 is 0 Å². The number of nitrogens with one attached hydrogen (secondary N) is 2. The van der Waals surface area contributed by atoms with Crippen molar-refractivity contribution >= 4 is 23.5 Å². The first-order valence-corrected chi connectivity index (χ1v) is 15.7. The molecule has 0 spiro atoms. The van der Waals surface area contributed by atoms with Crippen molar-refractivity contribution in [3.05, 3.63) is 93.9 Å². The fraction of sp³-hybridized carbons (Fsp3) is 0.400. The molecular formula is C35H42N6O8. The van der Waals surface area contributed by atoms with Crippen LogP contribution < -0.4 is 25.1 Å². The number of hydrogen-bond donors (Lipinski definition) is 3. The summed E-state index contributed by atoms with van der Waals surface area (Å²) in [5.74, 6) is 0.702. The summed E-state index contributed by atoms with van der Waals surface area (Å²) in [4.78, 5) is 35.3. The van der Waals surface area contributed by atoms with E-state index in [4.69, 9.17) is 33.8 Å². The van der Waals surface area contributed by atoms with Gasteiger partial charge in [0.05, 0.1) is 20.8 Å². The molecule has 260 valence electrons. The number of benzene rings is 3. The number of hydrogen-bond acceptors (Lipinski definition) is 11. The van der Waals surface area contributed by atoms with E-state index in [1.807, 2.05) is 6.07 Å². The van der Waals surface area contributed by atoms with Gasteiger partial charge in [0, 0.05) is 47.7 Å². The molecule has 0 fully saturated rings. The summed E-state index contributed by atoms with van der Waals surface area (Å²) in [5, 5.41) is 12.9. The fourth-order valence-electron chi connectivity index (χ4n) is 5.21. The quantitative estimate of drug-likeness (QED) is 0.0434. The lowest BCUT2D eigenvalue weighted by Crippen LogP contribution is -2.52. The van der Waals surface area contributed by atoms with Crippen LogP contribution in [0.1, 0.15) is 62.8 Å². The lowest BCUT2D eigenvalue weighted by molar-refractivity contribution is -0.155. The molecule has 2 atom stereocenters. The standard InChI is InChI=1S/C35H42N6O8/c1-34(2,3)49-30(43)17-18-35(33(44)40-37-22-23-11-16-28(45-4)29(21-23)46-5)31(26-9-6-7-10-27(26)39-41-36)48-32(38-35)24-12-14-25(15-13-24)47-20-8-19-42/h6-7,9-16,21,31,37,42H,8,17-20,22H2,1-5H3,(H,40,44)/t31-,35-/m0/s1. The number of carbonyl (C=O) groups is 2. The summed E-state index contributed by atoms with van der Waals surface area (Å²) in [6, 6.07) is 19.0. The molecule has 0 saturated carbocycles. The topological polar surface area (TPSA) is 186 Å². The highest BCUT2D eigenvalue weighted by atomic mass is 16.6. The monoisotopic (exact) mass is 674 g/mol. The summed E-state index contributed by atoms with van der Waals surface area (Å²) in [6.45, 7) is 5.85. The first kappa shape index (κ1) is 36.5. The number of esters is 1. The van der Waals surface area contributed by atoms with Crippen LogP contribution in [0, 0.1) is 0 Å². The molecule has 49 heavy (non-hydrogen) atoms. The van der Waals surface area contributed by atoms with E-state index in [2.05, 4.69) is 20.9 Å². The minimum absolute atomic E-state index is 0.0119. The number of aliphatic hydroxyl groups excluding tert-OH is 1. The zero-order chi connectivity index (χ0) is 35.4. The number of amides is 1. The highest BCUT2D eigenvalue weighted by Gasteiger charge is 2.54. The van der Waals surface area contributed by atoms with Crippen molar-refractivity contribution in [1.82, 2.24) is 10.9 Å². The third-order valence-electron chi connectivity index (χ3n) is 7.47. The summed E-state index contributed by atoms with van der Waals surface area (Å²) in [5.41, 5.74) is 14.6. The van der Waals surface area contributed by atoms with E-state index in [0.29, 0.717) is 41.4 Å². The molecule has 0 saturated heterocycles. The van der Waals surface area contributed by atoms with Crippen molar-refractivity contribution in [2.24, 2.45) is 10.1 Å². The minimum atomic E-state index is -1.71.